The molecule has 1 aromatic carbocycles. The number of ether oxygens (including phenoxy) is 1. The van der Waals surface area contributed by atoms with E-state index in [0.717, 1.165) is 6.42 Å². The van der Waals surface area contributed by atoms with Crippen LogP contribution in [0.4, 0.5) is 4.79 Å². The molecule has 36 heavy (non-hydrogen) atoms. The van der Waals surface area contributed by atoms with Crippen molar-refractivity contribution in [3.63, 3.8) is 0 Å². The molecule has 2 heterocycles. The zero-order chi connectivity index (χ0) is 26.3. The molecule has 0 saturated heterocycles. The fraction of sp³-hybridized carbons (Fsp3) is 0.462. The van der Waals surface area contributed by atoms with Crippen LogP contribution in [-0.2, 0) is 10.0 Å². The van der Waals surface area contributed by atoms with E-state index >= 15 is 0 Å². The summed E-state index contributed by atoms with van der Waals surface area (Å²) in [7, 11) is -2.28. The second-order valence-electron chi connectivity index (χ2n) is 8.98. The summed E-state index contributed by atoms with van der Waals surface area (Å²) in [5.41, 5.74) is 1.16. The predicted octanol–water partition coefficient (Wildman–Crippen LogP) is 2.30. The van der Waals surface area contributed by atoms with E-state index in [1.54, 1.807) is 44.4 Å². The van der Waals surface area contributed by atoms with Crippen LogP contribution in [0.5, 0.6) is 5.75 Å². The Balaban J connectivity index is 2.01. The maximum atomic E-state index is 13.6. The summed E-state index contributed by atoms with van der Waals surface area (Å²) in [5.74, 6) is 5.87. The van der Waals surface area contributed by atoms with Crippen molar-refractivity contribution in [2.45, 2.75) is 44.2 Å². The van der Waals surface area contributed by atoms with E-state index in [1.165, 1.54) is 15.3 Å². The zero-order valence-electron chi connectivity index (χ0n) is 21.1. The molecular weight excluding hydrogens is 480 g/mol. The smallest absolute Gasteiger partial charge is 0.317 e. The number of urea groups is 1. The van der Waals surface area contributed by atoms with Gasteiger partial charge in [-0.1, -0.05) is 25.8 Å². The molecule has 0 aliphatic carbocycles. The molecule has 2 aromatic rings. The van der Waals surface area contributed by atoms with E-state index < -0.39 is 22.2 Å². The van der Waals surface area contributed by atoms with E-state index in [9.17, 15) is 18.3 Å². The Kier molecular flexibility index (Phi) is 9.31. The number of likely N-dealkylation sites (N-methyl/N-ethyl adjacent to an activating group) is 1. The number of fused-ring (bicyclic) bond motifs is 1. The van der Waals surface area contributed by atoms with Crippen LogP contribution in [-0.4, -0.2) is 79.2 Å². The van der Waals surface area contributed by atoms with Crippen LogP contribution in [0, 0.1) is 17.8 Å². The first-order chi connectivity index (χ1) is 17.2. The molecule has 1 aromatic heterocycles. The number of nitrogens with one attached hydrogen (secondary N) is 1. The lowest BCUT2D eigenvalue weighted by atomic mass is 10.0. The first kappa shape index (κ1) is 27.5. The fourth-order valence-corrected chi connectivity index (χ4v) is 5.64. The zero-order valence-corrected chi connectivity index (χ0v) is 22.0. The van der Waals surface area contributed by atoms with Crippen LogP contribution in [0.15, 0.2) is 47.5 Å². The lowest BCUT2D eigenvalue weighted by Gasteiger charge is -2.37. The minimum Gasteiger partial charge on any atom is -0.487 e. The van der Waals surface area contributed by atoms with Crippen LogP contribution < -0.4 is 10.1 Å². The highest BCUT2D eigenvalue weighted by Crippen LogP contribution is 2.34. The summed E-state index contributed by atoms with van der Waals surface area (Å²) >= 11 is 0. The number of pyridine rings is 1. The van der Waals surface area contributed by atoms with Crippen molar-refractivity contribution >= 4 is 16.1 Å². The molecule has 2 amide bonds. The van der Waals surface area contributed by atoms with E-state index in [4.69, 9.17) is 4.74 Å². The highest BCUT2D eigenvalue weighted by atomic mass is 32.2. The lowest BCUT2D eigenvalue weighted by molar-refractivity contribution is 0.0812. The highest BCUT2D eigenvalue weighted by Gasteiger charge is 2.38. The molecule has 0 spiro atoms. The van der Waals surface area contributed by atoms with Gasteiger partial charge in [-0.25, -0.2) is 18.2 Å². The molecule has 1 aliphatic heterocycles. The number of aromatic nitrogens is 1. The van der Waals surface area contributed by atoms with E-state index in [1.807, 2.05) is 19.9 Å². The number of aliphatic hydroxyl groups is 1. The number of hydrogen-bond donors (Lipinski definition) is 2. The molecule has 0 unspecified atom stereocenters. The van der Waals surface area contributed by atoms with Gasteiger partial charge < -0.3 is 20.1 Å². The molecule has 0 bridgehead atoms. The lowest BCUT2D eigenvalue weighted by Crippen LogP contribution is -2.51. The molecular formula is C26H34N4O5S. The van der Waals surface area contributed by atoms with Gasteiger partial charge in [0, 0.05) is 43.9 Å². The Hall–Kier alpha value is -3.13. The Morgan fingerprint density at radius 3 is 2.78 bits per heavy atom. The third kappa shape index (κ3) is 6.55. The van der Waals surface area contributed by atoms with Gasteiger partial charge in [0.2, 0.25) is 10.0 Å². The Morgan fingerprint density at radius 2 is 2.11 bits per heavy atom. The second-order valence-corrected chi connectivity index (χ2v) is 10.8. The number of benzene rings is 1. The minimum atomic E-state index is -3.96. The van der Waals surface area contributed by atoms with Gasteiger partial charge in [-0.15, -0.1) is 0 Å². The summed E-state index contributed by atoms with van der Waals surface area (Å²) < 4.78 is 34.8. The largest absolute Gasteiger partial charge is 0.487 e. The van der Waals surface area contributed by atoms with Gasteiger partial charge >= 0.3 is 6.03 Å². The highest BCUT2D eigenvalue weighted by molar-refractivity contribution is 7.89. The Bertz CT molecular complexity index is 1210. The minimum absolute atomic E-state index is 0.00109. The summed E-state index contributed by atoms with van der Waals surface area (Å²) in [6.07, 6.45) is 1.97. The maximum Gasteiger partial charge on any atom is 0.317 e. The van der Waals surface area contributed by atoms with Gasteiger partial charge in [0.25, 0.3) is 0 Å². The number of carbonyl (C=O) groups is 1. The number of rotatable bonds is 6. The summed E-state index contributed by atoms with van der Waals surface area (Å²) in [6.45, 7) is 6.15. The third-order valence-electron chi connectivity index (χ3n) is 5.99. The average molecular weight is 515 g/mol. The number of amides is 2. The first-order valence-corrected chi connectivity index (χ1v) is 13.5. The topological polar surface area (TPSA) is 112 Å². The van der Waals surface area contributed by atoms with Crippen LogP contribution in [0.3, 0.4) is 0 Å². The number of hydrogen-bond acceptors (Lipinski definition) is 6. The van der Waals surface area contributed by atoms with Crippen molar-refractivity contribution in [3.05, 3.63) is 53.9 Å². The number of nitrogens with zero attached hydrogens (tertiary/aromatic N) is 3. The monoisotopic (exact) mass is 514 g/mol. The van der Waals surface area contributed by atoms with Gasteiger partial charge in [-0.05, 0) is 49.6 Å². The number of aliphatic hydroxyl groups excluding tert-OH is 1. The van der Waals surface area contributed by atoms with Crippen molar-refractivity contribution < 1.29 is 23.1 Å². The predicted molar refractivity (Wildman–Crippen MR) is 137 cm³/mol. The molecule has 1 aliphatic rings. The molecule has 9 nitrogen and oxygen atoms in total. The van der Waals surface area contributed by atoms with Gasteiger partial charge in [0.05, 0.1) is 13.2 Å². The van der Waals surface area contributed by atoms with Crippen molar-refractivity contribution in [3.8, 4) is 17.6 Å². The van der Waals surface area contributed by atoms with Crippen LogP contribution in [0.1, 0.15) is 38.4 Å². The van der Waals surface area contributed by atoms with Gasteiger partial charge in [0.15, 0.2) is 0 Å². The van der Waals surface area contributed by atoms with Crippen molar-refractivity contribution in [1.29, 1.82) is 0 Å². The van der Waals surface area contributed by atoms with Gasteiger partial charge in [-0.3, -0.25) is 0 Å². The molecule has 0 radical (unpaired) electrons. The summed E-state index contributed by atoms with van der Waals surface area (Å²) in [5, 5.41) is 12.6. The molecule has 0 fully saturated rings. The second kappa shape index (κ2) is 12.2. The summed E-state index contributed by atoms with van der Waals surface area (Å²) in [4.78, 5) is 18.2. The third-order valence-corrected chi connectivity index (χ3v) is 8.01. The maximum absolute atomic E-state index is 13.6. The first-order valence-electron chi connectivity index (χ1n) is 12.0. The number of carbonyl (C=O) groups excluding carboxylic acids is 1. The summed E-state index contributed by atoms with van der Waals surface area (Å²) in [6, 6.07) is 9.28. The Labute approximate surface area is 213 Å². The van der Waals surface area contributed by atoms with Crippen LogP contribution >= 0.6 is 0 Å². The van der Waals surface area contributed by atoms with Crippen molar-refractivity contribution in [2.75, 3.05) is 33.3 Å². The molecule has 0 saturated carbocycles. The van der Waals surface area contributed by atoms with E-state index in [2.05, 4.69) is 22.1 Å². The Morgan fingerprint density at radius 1 is 1.33 bits per heavy atom. The molecule has 3 rings (SSSR count). The van der Waals surface area contributed by atoms with Crippen molar-refractivity contribution in [1.82, 2.24) is 19.5 Å². The SMILES string of the molecule is CCCNC(=O)N(C)C[C@H]1Oc2cc(C#Cc3ccccn3)ccc2S(=O)(=O)N([C@@H](C)CO)C[C@H]1C. The quantitative estimate of drug-likeness (QED) is 0.572. The fourth-order valence-electron chi connectivity index (χ4n) is 3.81. The number of sulfonamides is 1. The average Bonchev–Trinajstić information content (AvgIpc) is 2.88. The molecule has 3 atom stereocenters. The molecule has 10 heteroatoms. The van der Waals surface area contributed by atoms with Gasteiger partial charge in [-0.2, -0.15) is 4.31 Å². The molecule has 194 valence electrons. The van der Waals surface area contributed by atoms with Crippen LogP contribution in [0.2, 0.25) is 0 Å². The molecule has 2 N–H and O–H groups in total. The van der Waals surface area contributed by atoms with Crippen molar-refractivity contribution in [2.24, 2.45) is 5.92 Å². The standard InChI is InChI=1S/C26H34N4O5S/c1-5-13-28-26(32)29(4)17-24-19(2)16-30(20(3)18-31)36(33,34)25-12-10-21(15-23(25)35-24)9-11-22-8-6-7-14-27-22/h6-8,10,12,14-15,19-20,24,31H,5,13,16-18H2,1-4H3,(H,28,32)/t19-,20+,24-/m1/s1. The van der Waals surface area contributed by atoms with Crippen LogP contribution in [0.25, 0.3) is 0 Å². The van der Waals surface area contributed by atoms with E-state index in [0.29, 0.717) is 17.8 Å². The normalized spacial score (nSPS) is 19.9. The van der Waals surface area contributed by atoms with E-state index in [-0.39, 0.29) is 42.3 Å². The van der Waals surface area contributed by atoms with Gasteiger partial charge in [0.1, 0.15) is 22.4 Å².